The number of nitrogens with zero attached hydrogens (tertiary/aromatic N) is 4. The van der Waals surface area contributed by atoms with Crippen LogP contribution in [-0.2, 0) is 13.2 Å². The molecule has 2 aromatic rings. The Bertz CT molecular complexity index is 926. The van der Waals surface area contributed by atoms with Gasteiger partial charge in [-0.05, 0) is 43.4 Å². The Labute approximate surface area is 156 Å². The van der Waals surface area contributed by atoms with Gasteiger partial charge in [0.15, 0.2) is 0 Å². The van der Waals surface area contributed by atoms with Crippen molar-refractivity contribution in [2.24, 2.45) is 13.0 Å². The van der Waals surface area contributed by atoms with Crippen molar-refractivity contribution >= 4 is 0 Å². The lowest BCUT2D eigenvalue weighted by Gasteiger charge is -2.25. The van der Waals surface area contributed by atoms with Gasteiger partial charge in [-0.25, -0.2) is 0 Å². The Balaban J connectivity index is 2.10. The van der Waals surface area contributed by atoms with Crippen LogP contribution in [0.15, 0.2) is 30.3 Å². The van der Waals surface area contributed by atoms with Crippen molar-refractivity contribution in [2.45, 2.75) is 24.6 Å². The van der Waals surface area contributed by atoms with Crippen LogP contribution in [0, 0.1) is 28.6 Å². The van der Waals surface area contributed by atoms with Gasteiger partial charge < -0.3 is 9.47 Å². The quantitative estimate of drug-likeness (QED) is 0.799. The molecule has 0 spiro atoms. The largest absolute Gasteiger partial charge is 0.416 e. The number of rotatable bonds is 3. The zero-order chi connectivity index (χ0) is 19.9. The summed E-state index contributed by atoms with van der Waals surface area (Å²) in [6, 6.07) is 11.3. The molecule has 0 aliphatic heterocycles. The summed E-state index contributed by atoms with van der Waals surface area (Å²) >= 11 is 0. The molecule has 4 nitrogen and oxygen atoms in total. The summed E-state index contributed by atoms with van der Waals surface area (Å²) in [5.41, 5.74) is 2.63. The van der Waals surface area contributed by atoms with Gasteiger partial charge in [0.25, 0.3) is 0 Å². The van der Waals surface area contributed by atoms with E-state index in [0.717, 1.165) is 29.1 Å². The molecule has 3 rings (SSSR count). The summed E-state index contributed by atoms with van der Waals surface area (Å²) in [5, 5.41) is 18.9. The average Bonchev–Trinajstić information content (AvgIpc) is 3.09. The molecule has 0 amide bonds. The minimum absolute atomic E-state index is 0.155. The van der Waals surface area contributed by atoms with E-state index in [9.17, 15) is 23.7 Å². The monoisotopic (exact) mass is 372 g/mol. The number of halogens is 3. The number of fused-ring (bicyclic) bond motifs is 1. The lowest BCUT2D eigenvalue weighted by molar-refractivity contribution is -0.137. The first-order valence-corrected chi connectivity index (χ1v) is 8.50. The molecule has 27 heavy (non-hydrogen) atoms. The maximum atomic E-state index is 12.8. The number of nitriles is 2. The van der Waals surface area contributed by atoms with E-state index < -0.39 is 11.7 Å². The predicted molar refractivity (Wildman–Crippen MR) is 94.4 cm³/mol. The van der Waals surface area contributed by atoms with Crippen molar-refractivity contribution in [3.05, 3.63) is 47.2 Å². The van der Waals surface area contributed by atoms with Gasteiger partial charge in [0.2, 0.25) is 0 Å². The third-order valence-electron chi connectivity index (χ3n) is 5.28. The molecule has 7 heteroatoms. The summed E-state index contributed by atoms with van der Waals surface area (Å²) in [7, 11) is 5.61. The first-order chi connectivity index (χ1) is 12.7. The predicted octanol–water partition coefficient (Wildman–Crippen LogP) is 4.46. The number of hydrogen-bond donors (Lipinski definition) is 0. The molecule has 3 unspecified atom stereocenters. The highest BCUT2D eigenvalue weighted by atomic mass is 19.4. The Morgan fingerprint density at radius 2 is 1.78 bits per heavy atom. The molecular formula is C20H19F3N4. The smallest absolute Gasteiger partial charge is 0.347 e. The van der Waals surface area contributed by atoms with E-state index in [1.165, 1.54) is 12.1 Å². The van der Waals surface area contributed by atoms with Crippen LogP contribution >= 0.6 is 0 Å². The van der Waals surface area contributed by atoms with Crippen LogP contribution in [0.25, 0.3) is 11.3 Å². The molecule has 3 atom stereocenters. The number of benzene rings is 1. The third kappa shape index (κ3) is 3.09. The third-order valence-corrected chi connectivity index (χ3v) is 5.28. The molecule has 0 saturated heterocycles. The fourth-order valence-corrected chi connectivity index (χ4v) is 4.11. The van der Waals surface area contributed by atoms with Crippen LogP contribution in [0.2, 0.25) is 0 Å². The minimum atomic E-state index is -4.37. The van der Waals surface area contributed by atoms with E-state index in [1.807, 2.05) is 36.7 Å². The Morgan fingerprint density at radius 1 is 1.15 bits per heavy atom. The Kier molecular flexibility index (Phi) is 4.75. The zero-order valence-corrected chi connectivity index (χ0v) is 15.2. The van der Waals surface area contributed by atoms with E-state index in [1.54, 1.807) is 0 Å². The van der Waals surface area contributed by atoms with E-state index >= 15 is 0 Å². The van der Waals surface area contributed by atoms with Crippen molar-refractivity contribution in [3.8, 4) is 23.4 Å². The number of hydrogen-bond acceptors (Lipinski definition) is 3. The van der Waals surface area contributed by atoms with Gasteiger partial charge in [-0.15, -0.1) is 0 Å². The second-order valence-electron chi connectivity index (χ2n) is 7.04. The average molecular weight is 372 g/mol. The molecule has 1 aliphatic carbocycles. The lowest BCUT2D eigenvalue weighted by Crippen LogP contribution is -2.25. The maximum Gasteiger partial charge on any atom is 0.416 e. The van der Waals surface area contributed by atoms with Gasteiger partial charge in [-0.3, -0.25) is 0 Å². The summed E-state index contributed by atoms with van der Waals surface area (Å²) in [6.07, 6.45) is -4.15. The molecular weight excluding hydrogens is 353 g/mol. The van der Waals surface area contributed by atoms with Crippen molar-refractivity contribution in [3.63, 3.8) is 0 Å². The molecule has 0 N–H and O–H groups in total. The lowest BCUT2D eigenvalue weighted by atomic mass is 9.90. The van der Waals surface area contributed by atoms with E-state index in [4.69, 9.17) is 0 Å². The summed E-state index contributed by atoms with van der Waals surface area (Å²) < 4.78 is 40.4. The van der Waals surface area contributed by atoms with Gasteiger partial charge in [-0.1, -0.05) is 12.1 Å². The van der Waals surface area contributed by atoms with Crippen molar-refractivity contribution in [2.75, 3.05) is 14.1 Å². The Morgan fingerprint density at radius 3 is 2.26 bits per heavy atom. The molecule has 1 heterocycles. The van der Waals surface area contributed by atoms with Crippen LogP contribution in [0.5, 0.6) is 0 Å². The Hall–Kier alpha value is -2.77. The maximum absolute atomic E-state index is 12.8. The molecule has 140 valence electrons. The van der Waals surface area contributed by atoms with Gasteiger partial charge in [0.05, 0.1) is 29.7 Å². The first-order valence-electron chi connectivity index (χ1n) is 8.50. The highest BCUT2D eigenvalue weighted by molar-refractivity contribution is 5.65. The topological polar surface area (TPSA) is 55.8 Å². The SMILES string of the molecule is CN(C)C1c2cc(-c3ccc(C(F)(F)F)cc3)n(C)c2C(CC#N)C1C#N. The van der Waals surface area contributed by atoms with Crippen LogP contribution in [-0.4, -0.2) is 23.6 Å². The molecule has 1 aromatic heterocycles. The van der Waals surface area contributed by atoms with Gasteiger partial charge in [0.1, 0.15) is 0 Å². The summed E-state index contributed by atoms with van der Waals surface area (Å²) in [6.45, 7) is 0. The molecule has 1 aromatic carbocycles. The number of aromatic nitrogens is 1. The van der Waals surface area contributed by atoms with Gasteiger partial charge >= 0.3 is 6.18 Å². The first kappa shape index (κ1) is 19.0. The second-order valence-corrected chi connectivity index (χ2v) is 7.04. The van der Waals surface area contributed by atoms with Crippen LogP contribution < -0.4 is 0 Å². The van der Waals surface area contributed by atoms with Crippen LogP contribution in [0.1, 0.15) is 35.2 Å². The molecule has 0 fully saturated rings. The van der Waals surface area contributed by atoms with Crippen molar-refractivity contribution < 1.29 is 13.2 Å². The van der Waals surface area contributed by atoms with Crippen LogP contribution in [0.4, 0.5) is 13.2 Å². The van der Waals surface area contributed by atoms with E-state index in [0.29, 0.717) is 5.56 Å². The molecule has 1 aliphatic rings. The van der Waals surface area contributed by atoms with E-state index in [2.05, 4.69) is 12.1 Å². The summed E-state index contributed by atoms with van der Waals surface area (Å²) in [4.78, 5) is 1.96. The second kappa shape index (κ2) is 6.75. The van der Waals surface area contributed by atoms with Crippen molar-refractivity contribution in [1.82, 2.24) is 9.47 Å². The van der Waals surface area contributed by atoms with Gasteiger partial charge in [0, 0.05) is 30.8 Å². The highest BCUT2D eigenvalue weighted by Crippen LogP contribution is 2.50. The fourth-order valence-electron chi connectivity index (χ4n) is 4.11. The summed E-state index contributed by atoms with van der Waals surface area (Å²) in [5.74, 6) is -0.562. The van der Waals surface area contributed by atoms with Crippen LogP contribution in [0.3, 0.4) is 0 Å². The van der Waals surface area contributed by atoms with Crippen molar-refractivity contribution in [1.29, 1.82) is 10.5 Å². The van der Waals surface area contributed by atoms with Gasteiger partial charge in [-0.2, -0.15) is 23.7 Å². The minimum Gasteiger partial charge on any atom is -0.347 e. The molecule has 0 radical (unpaired) electrons. The zero-order valence-electron chi connectivity index (χ0n) is 15.2. The number of alkyl halides is 3. The molecule has 0 saturated carbocycles. The molecule has 0 bridgehead atoms. The normalized spacial score (nSPS) is 21.7. The fraction of sp³-hybridized carbons (Fsp3) is 0.400. The highest BCUT2D eigenvalue weighted by Gasteiger charge is 2.44. The van der Waals surface area contributed by atoms with E-state index in [-0.39, 0.29) is 24.3 Å². The standard InChI is InChI=1S/C20H19F3N4/c1-26(2)18-15-10-17(12-4-6-13(7-5-12)20(21,22)23)27(3)19(15)14(8-9-24)16(18)11-25/h4-7,10,14,16,18H,8H2,1-3H3.